The number of H-pyrrole nitrogens is 1. The fourth-order valence-corrected chi connectivity index (χ4v) is 5.30. The van der Waals surface area contributed by atoms with Crippen LogP contribution < -0.4 is 22.3 Å². The number of unbranched alkanes of at least 4 members (excludes halogenated alkanes) is 3. The minimum absolute atomic E-state index is 0.0573. The van der Waals surface area contributed by atoms with Crippen LogP contribution in [0.4, 0.5) is 10.7 Å². The average Bonchev–Trinajstić information content (AvgIpc) is 3.31. The van der Waals surface area contributed by atoms with E-state index in [2.05, 4.69) is 20.3 Å². The number of imidazole rings is 1. The summed E-state index contributed by atoms with van der Waals surface area (Å²) in [7, 11) is -1.94. The van der Waals surface area contributed by atoms with Gasteiger partial charge in [0.2, 0.25) is 0 Å². The molecular formula is C17H29BN7O7P. The SMILES string of the molecule is B[PH]1(O)OC[C@H]2O[C@@H](n3cnc4c(=O)[nH]c(N)nc43)[C@@H](OC(=O)NCCCCCCN)[C@H]2O1. The molecule has 0 unspecified atom stereocenters. The van der Waals surface area contributed by atoms with Crippen LogP contribution in [0.2, 0.25) is 0 Å². The number of nitrogens with two attached hydrogens (primary N) is 2. The zero-order valence-corrected chi connectivity index (χ0v) is 19.2. The Morgan fingerprint density at radius 2 is 2.21 bits per heavy atom. The van der Waals surface area contributed by atoms with Crippen molar-refractivity contribution >= 4 is 38.6 Å². The second kappa shape index (κ2) is 9.91. The monoisotopic (exact) mass is 485 g/mol. The molecular weight excluding hydrogens is 456 g/mol. The number of amides is 1. The normalized spacial score (nSPS) is 27.2. The van der Waals surface area contributed by atoms with Gasteiger partial charge in [-0.15, -0.1) is 0 Å². The van der Waals surface area contributed by atoms with Crippen molar-refractivity contribution in [3.05, 3.63) is 16.7 Å². The molecule has 0 radical (unpaired) electrons. The Hall–Kier alpha value is -2.29. The molecule has 2 aromatic rings. The molecule has 0 bridgehead atoms. The maximum atomic E-state index is 12.5. The van der Waals surface area contributed by atoms with Gasteiger partial charge in [0.05, 0.1) is 0 Å². The van der Waals surface area contributed by atoms with Crippen LogP contribution in [0, 0.1) is 0 Å². The van der Waals surface area contributed by atoms with E-state index >= 15 is 0 Å². The number of aromatic amines is 1. The van der Waals surface area contributed by atoms with Gasteiger partial charge in [0, 0.05) is 0 Å². The van der Waals surface area contributed by atoms with Gasteiger partial charge in [-0.05, 0) is 0 Å². The van der Waals surface area contributed by atoms with E-state index in [0.29, 0.717) is 13.1 Å². The van der Waals surface area contributed by atoms with Crippen LogP contribution in [0.25, 0.3) is 11.2 Å². The Bertz CT molecular complexity index is 1050. The van der Waals surface area contributed by atoms with E-state index in [-0.39, 0.29) is 23.7 Å². The van der Waals surface area contributed by atoms with E-state index in [1.165, 1.54) is 18.5 Å². The molecule has 2 aliphatic rings. The molecule has 16 heteroatoms. The van der Waals surface area contributed by atoms with E-state index in [9.17, 15) is 14.5 Å². The summed E-state index contributed by atoms with van der Waals surface area (Å²) >= 11 is 0. The number of hydrogen-bond acceptors (Lipinski definition) is 11. The molecule has 2 saturated heterocycles. The summed E-state index contributed by atoms with van der Waals surface area (Å²) in [6, 6.07) is 0. The summed E-state index contributed by atoms with van der Waals surface area (Å²) in [6.45, 7) is 1.15. The van der Waals surface area contributed by atoms with Crippen LogP contribution in [0.3, 0.4) is 0 Å². The van der Waals surface area contributed by atoms with Crippen molar-refractivity contribution in [3.63, 3.8) is 0 Å². The number of carbonyl (C=O) groups is 1. The number of alkyl carbamates (subject to hydrolysis) is 1. The first-order valence-electron chi connectivity index (χ1n) is 10.9. The Labute approximate surface area is 190 Å². The van der Waals surface area contributed by atoms with Gasteiger partial charge in [-0.1, -0.05) is 0 Å². The van der Waals surface area contributed by atoms with Gasteiger partial charge >= 0.3 is 184 Å². The zero-order chi connectivity index (χ0) is 23.6. The molecule has 1 amide bonds. The number of ether oxygens (including phenoxy) is 2. The molecule has 4 rings (SSSR count). The summed E-state index contributed by atoms with van der Waals surface area (Å²) in [6.07, 6.45) is 1.08. The van der Waals surface area contributed by atoms with E-state index < -0.39 is 44.0 Å². The van der Waals surface area contributed by atoms with Gasteiger partial charge in [-0.3, -0.25) is 0 Å². The summed E-state index contributed by atoms with van der Waals surface area (Å²) in [4.78, 5) is 45.7. The molecule has 0 aromatic carbocycles. The summed E-state index contributed by atoms with van der Waals surface area (Å²) in [5.74, 6) is -0.0931. The number of rotatable bonds is 8. The standard InChI is InChI=1S/C17H29BN7O7P/c18-33(28)29-7-9-11(32-33)12(31-17(27)21-6-4-2-1-3-5-19)15(30-9)25-8-22-10-13(25)23-16(20)24-14(10)26/h8-9,11-12,15,28,33H,1-7,18-19H2,(H,21,27)(H3,20,23,24,26)/t9-,11+,12+,15-/m1/s1. The molecule has 0 spiro atoms. The number of anilines is 1. The number of nitrogens with one attached hydrogen (secondary N) is 2. The third-order valence-corrected chi connectivity index (χ3v) is 6.94. The van der Waals surface area contributed by atoms with Crippen molar-refractivity contribution in [1.82, 2.24) is 24.8 Å². The van der Waals surface area contributed by atoms with Crippen LogP contribution in [0.1, 0.15) is 31.9 Å². The molecule has 2 fully saturated rings. The molecule has 0 aliphatic carbocycles. The van der Waals surface area contributed by atoms with Crippen LogP contribution in [-0.4, -0.2) is 76.1 Å². The maximum absolute atomic E-state index is 12.5. The number of carbonyl (C=O) groups excluding carboxylic acids is 1. The van der Waals surface area contributed by atoms with Gasteiger partial charge in [0.25, 0.3) is 0 Å². The summed E-state index contributed by atoms with van der Waals surface area (Å²) in [5.41, 5.74) is 10.9. The summed E-state index contributed by atoms with van der Waals surface area (Å²) < 4.78 is 24.4. The Balaban J connectivity index is 1.53. The van der Waals surface area contributed by atoms with Crippen molar-refractivity contribution in [1.29, 1.82) is 0 Å². The van der Waals surface area contributed by atoms with E-state index in [1.54, 1.807) is 0 Å². The quantitative estimate of drug-likeness (QED) is 0.168. The molecule has 2 aromatic heterocycles. The molecule has 33 heavy (non-hydrogen) atoms. The molecule has 7 N–H and O–H groups in total. The predicted molar refractivity (Wildman–Crippen MR) is 122 cm³/mol. The van der Waals surface area contributed by atoms with Crippen LogP contribution >= 0.6 is 7.82 Å². The Morgan fingerprint density at radius 3 is 3.00 bits per heavy atom. The third-order valence-electron chi connectivity index (χ3n) is 5.52. The second-order valence-corrected chi connectivity index (χ2v) is 10.5. The first-order chi connectivity index (χ1) is 15.8. The minimum atomic E-state index is -3.42. The number of fused-ring (bicyclic) bond motifs is 2. The van der Waals surface area contributed by atoms with Crippen molar-refractivity contribution < 1.29 is 28.2 Å². The predicted octanol–water partition coefficient (Wildman–Crippen LogP) is -1.34. The van der Waals surface area contributed by atoms with Crippen LogP contribution in [0.15, 0.2) is 11.1 Å². The fraction of sp³-hybridized carbons (Fsp3) is 0.647. The van der Waals surface area contributed by atoms with Gasteiger partial charge in [-0.25, -0.2) is 0 Å². The van der Waals surface area contributed by atoms with Gasteiger partial charge in [0.1, 0.15) is 0 Å². The van der Waals surface area contributed by atoms with Gasteiger partial charge in [0.15, 0.2) is 0 Å². The second-order valence-electron chi connectivity index (χ2n) is 8.13. The zero-order valence-electron chi connectivity index (χ0n) is 18.2. The van der Waals surface area contributed by atoms with E-state index in [0.717, 1.165) is 25.7 Å². The first-order valence-corrected chi connectivity index (χ1v) is 13.1. The number of nitrogen functional groups attached to an aromatic ring is 1. The Morgan fingerprint density at radius 1 is 1.42 bits per heavy atom. The van der Waals surface area contributed by atoms with Gasteiger partial charge < -0.3 is 5.73 Å². The van der Waals surface area contributed by atoms with Crippen molar-refractivity contribution in [2.75, 3.05) is 25.4 Å². The topological polar surface area (TPSA) is 202 Å². The molecule has 2 aliphatic heterocycles. The third kappa shape index (κ3) is 5.29. The molecule has 182 valence electrons. The summed E-state index contributed by atoms with van der Waals surface area (Å²) in [5, 5.41) is 2.72. The number of nitrogens with zero attached hydrogens (tertiary/aromatic N) is 3. The van der Waals surface area contributed by atoms with Crippen LogP contribution in [-0.2, 0) is 18.5 Å². The van der Waals surface area contributed by atoms with Gasteiger partial charge in [-0.2, -0.15) is 0 Å². The van der Waals surface area contributed by atoms with E-state index in [4.69, 9.17) is 30.0 Å². The molecule has 4 heterocycles. The van der Waals surface area contributed by atoms with Crippen LogP contribution in [0.5, 0.6) is 0 Å². The number of aromatic nitrogens is 4. The van der Waals surface area contributed by atoms with Crippen molar-refractivity contribution in [3.8, 4) is 0 Å². The van der Waals surface area contributed by atoms with Crippen molar-refractivity contribution in [2.45, 2.75) is 50.2 Å². The molecule has 0 saturated carbocycles. The first kappa shape index (κ1) is 23.9. The van der Waals surface area contributed by atoms with E-state index in [1.807, 2.05) is 0 Å². The average molecular weight is 485 g/mol. The fourth-order valence-electron chi connectivity index (χ4n) is 3.97. The Kier molecular flexibility index (Phi) is 7.17. The molecule has 4 atom stereocenters. The number of hydrogen-bond donors (Lipinski definition) is 5. The van der Waals surface area contributed by atoms with Crippen molar-refractivity contribution in [2.24, 2.45) is 5.73 Å². The molecule has 14 nitrogen and oxygen atoms in total.